The fourth-order valence-electron chi connectivity index (χ4n) is 2.08. The van der Waals surface area contributed by atoms with E-state index in [1.165, 1.54) is 18.8 Å². The first-order valence-corrected chi connectivity index (χ1v) is 6.03. The van der Waals surface area contributed by atoms with Gasteiger partial charge in [0.25, 0.3) is 5.91 Å². The van der Waals surface area contributed by atoms with Crippen molar-refractivity contribution in [2.24, 2.45) is 5.92 Å². The molecule has 2 heterocycles. The van der Waals surface area contributed by atoms with Gasteiger partial charge in [-0.3, -0.25) is 4.79 Å². The van der Waals surface area contributed by atoms with Gasteiger partial charge < -0.3 is 10.6 Å². The number of likely N-dealkylation sites (tertiary alicyclic amines) is 1. The average molecular weight is 234 g/mol. The van der Waals surface area contributed by atoms with Crippen LogP contribution in [0.2, 0.25) is 0 Å². The highest BCUT2D eigenvalue weighted by atomic mass is 16.2. The van der Waals surface area contributed by atoms with Crippen LogP contribution >= 0.6 is 0 Å². The van der Waals surface area contributed by atoms with E-state index in [1.807, 2.05) is 4.90 Å². The Morgan fingerprint density at radius 2 is 2.18 bits per heavy atom. The third kappa shape index (κ3) is 2.93. The van der Waals surface area contributed by atoms with Crippen molar-refractivity contribution >= 4 is 11.7 Å². The van der Waals surface area contributed by atoms with Gasteiger partial charge in [-0.1, -0.05) is 6.92 Å². The fraction of sp³-hybridized carbons (Fsp3) is 0.583. The van der Waals surface area contributed by atoms with Crippen molar-refractivity contribution in [2.45, 2.75) is 26.2 Å². The molecule has 1 aliphatic heterocycles. The molecule has 0 radical (unpaired) electrons. The zero-order valence-electron chi connectivity index (χ0n) is 10.1. The molecule has 1 fully saturated rings. The summed E-state index contributed by atoms with van der Waals surface area (Å²) in [6, 6.07) is 0. The average Bonchev–Trinajstić information content (AvgIpc) is 2.54. The molecule has 2 N–H and O–H groups in total. The summed E-state index contributed by atoms with van der Waals surface area (Å²) in [5.41, 5.74) is 5.83. The van der Waals surface area contributed by atoms with Crippen LogP contribution in [0.3, 0.4) is 0 Å². The quantitative estimate of drug-likeness (QED) is 0.795. The van der Waals surface area contributed by atoms with E-state index in [9.17, 15) is 4.79 Å². The Morgan fingerprint density at radius 3 is 2.88 bits per heavy atom. The summed E-state index contributed by atoms with van der Waals surface area (Å²) in [4.78, 5) is 21.9. The van der Waals surface area contributed by atoms with Crippen LogP contribution in [0.25, 0.3) is 0 Å². The molecule has 5 nitrogen and oxygen atoms in total. The van der Waals surface area contributed by atoms with Crippen LogP contribution in [-0.4, -0.2) is 33.9 Å². The van der Waals surface area contributed by atoms with Gasteiger partial charge in [-0.05, 0) is 25.2 Å². The molecule has 1 aromatic rings. The maximum absolute atomic E-state index is 12.2. The van der Waals surface area contributed by atoms with Gasteiger partial charge >= 0.3 is 0 Å². The molecule has 1 unspecified atom stereocenters. The zero-order chi connectivity index (χ0) is 12.3. The van der Waals surface area contributed by atoms with E-state index in [4.69, 9.17) is 5.73 Å². The van der Waals surface area contributed by atoms with Gasteiger partial charge in [-0.2, -0.15) is 0 Å². The first kappa shape index (κ1) is 11.8. The molecule has 0 bridgehead atoms. The highest BCUT2D eigenvalue weighted by Crippen LogP contribution is 2.17. The first-order chi connectivity index (χ1) is 8.16. The second kappa shape index (κ2) is 5.12. The lowest BCUT2D eigenvalue weighted by molar-refractivity contribution is 0.0754. The Bertz CT molecular complexity index is 390. The van der Waals surface area contributed by atoms with Crippen molar-refractivity contribution in [1.82, 2.24) is 14.9 Å². The summed E-state index contributed by atoms with van der Waals surface area (Å²) in [5.74, 6) is 1.00. The minimum atomic E-state index is -0.0356. The van der Waals surface area contributed by atoms with Gasteiger partial charge in [0.15, 0.2) is 0 Å². The van der Waals surface area contributed by atoms with Gasteiger partial charge in [0.2, 0.25) is 0 Å². The van der Waals surface area contributed by atoms with E-state index in [0.717, 1.165) is 25.9 Å². The summed E-state index contributed by atoms with van der Waals surface area (Å²) >= 11 is 0. The molecule has 1 aliphatic rings. The predicted molar refractivity (Wildman–Crippen MR) is 65.4 cm³/mol. The fourth-order valence-corrected chi connectivity index (χ4v) is 2.08. The third-order valence-corrected chi connectivity index (χ3v) is 3.19. The highest BCUT2D eigenvalue weighted by Gasteiger charge is 2.20. The van der Waals surface area contributed by atoms with Crippen molar-refractivity contribution in [1.29, 1.82) is 0 Å². The molecule has 0 saturated carbocycles. The summed E-state index contributed by atoms with van der Waals surface area (Å²) in [7, 11) is 0. The number of rotatable bonds is 1. The van der Waals surface area contributed by atoms with Gasteiger partial charge in [0.1, 0.15) is 11.5 Å². The number of carbonyl (C=O) groups excluding carboxylic acids is 1. The molecule has 2 rings (SSSR count). The predicted octanol–water partition coefficient (Wildman–Crippen LogP) is 1.32. The van der Waals surface area contributed by atoms with Crippen molar-refractivity contribution < 1.29 is 4.79 Å². The van der Waals surface area contributed by atoms with Gasteiger partial charge in [-0.15, -0.1) is 0 Å². The number of anilines is 1. The van der Waals surface area contributed by atoms with E-state index in [1.54, 1.807) is 0 Å². The molecule has 92 valence electrons. The number of nitrogens with two attached hydrogens (primary N) is 1. The maximum Gasteiger partial charge on any atom is 0.274 e. The van der Waals surface area contributed by atoms with Crippen molar-refractivity contribution in [3.8, 4) is 0 Å². The Hall–Kier alpha value is -1.65. The summed E-state index contributed by atoms with van der Waals surface area (Å²) in [6.45, 7) is 3.86. The Labute approximate surface area is 101 Å². The zero-order valence-corrected chi connectivity index (χ0v) is 10.1. The second-order valence-corrected chi connectivity index (χ2v) is 4.65. The molecule has 1 amide bonds. The molecule has 0 aliphatic carbocycles. The molecular weight excluding hydrogens is 216 g/mol. The number of nitrogen functional groups attached to an aromatic ring is 1. The molecule has 0 spiro atoms. The molecular formula is C12H18N4O. The van der Waals surface area contributed by atoms with Crippen LogP contribution in [0.5, 0.6) is 0 Å². The van der Waals surface area contributed by atoms with Crippen LogP contribution in [0.1, 0.15) is 36.7 Å². The van der Waals surface area contributed by atoms with Crippen LogP contribution in [-0.2, 0) is 0 Å². The SMILES string of the molecule is CC1CCCN(C(=O)c2cnc(N)cn2)CC1. The molecule has 1 atom stereocenters. The standard InChI is InChI=1S/C12H18N4O/c1-9-3-2-5-16(6-4-9)12(17)10-7-15-11(13)8-14-10/h7-9H,2-6H2,1H3,(H2,13,15). The van der Waals surface area contributed by atoms with E-state index in [2.05, 4.69) is 16.9 Å². The lowest BCUT2D eigenvalue weighted by Crippen LogP contribution is -2.32. The number of aromatic nitrogens is 2. The highest BCUT2D eigenvalue weighted by molar-refractivity contribution is 5.92. The number of nitrogens with zero attached hydrogens (tertiary/aromatic N) is 3. The number of hydrogen-bond acceptors (Lipinski definition) is 4. The van der Waals surface area contributed by atoms with Crippen LogP contribution in [0.15, 0.2) is 12.4 Å². The largest absolute Gasteiger partial charge is 0.382 e. The van der Waals surface area contributed by atoms with E-state index in [-0.39, 0.29) is 5.91 Å². The van der Waals surface area contributed by atoms with Crippen molar-refractivity contribution in [3.05, 3.63) is 18.1 Å². The Morgan fingerprint density at radius 1 is 1.35 bits per heavy atom. The Kier molecular flexibility index (Phi) is 3.56. The summed E-state index contributed by atoms with van der Waals surface area (Å²) < 4.78 is 0. The maximum atomic E-state index is 12.2. The number of hydrogen-bond donors (Lipinski definition) is 1. The third-order valence-electron chi connectivity index (χ3n) is 3.19. The van der Waals surface area contributed by atoms with E-state index >= 15 is 0 Å². The molecule has 5 heteroatoms. The lowest BCUT2D eigenvalue weighted by atomic mass is 10.0. The van der Waals surface area contributed by atoms with Crippen LogP contribution in [0, 0.1) is 5.92 Å². The lowest BCUT2D eigenvalue weighted by Gasteiger charge is -2.19. The summed E-state index contributed by atoms with van der Waals surface area (Å²) in [5, 5.41) is 0. The van der Waals surface area contributed by atoms with Crippen molar-refractivity contribution in [2.75, 3.05) is 18.8 Å². The number of amides is 1. The van der Waals surface area contributed by atoms with Gasteiger partial charge in [0.05, 0.1) is 12.4 Å². The molecule has 1 saturated heterocycles. The minimum absolute atomic E-state index is 0.0356. The Balaban J connectivity index is 2.06. The van der Waals surface area contributed by atoms with E-state index in [0.29, 0.717) is 17.4 Å². The van der Waals surface area contributed by atoms with Crippen LogP contribution < -0.4 is 5.73 Å². The van der Waals surface area contributed by atoms with Crippen LogP contribution in [0.4, 0.5) is 5.82 Å². The molecule has 17 heavy (non-hydrogen) atoms. The normalized spacial score (nSPS) is 21.0. The first-order valence-electron chi connectivity index (χ1n) is 6.03. The number of carbonyl (C=O) groups is 1. The second-order valence-electron chi connectivity index (χ2n) is 4.65. The molecule has 1 aromatic heterocycles. The summed E-state index contributed by atoms with van der Waals surface area (Å²) in [6.07, 6.45) is 6.19. The van der Waals surface area contributed by atoms with Gasteiger partial charge in [-0.25, -0.2) is 9.97 Å². The monoisotopic (exact) mass is 234 g/mol. The van der Waals surface area contributed by atoms with E-state index < -0.39 is 0 Å². The molecule has 0 aromatic carbocycles. The topological polar surface area (TPSA) is 72.1 Å². The minimum Gasteiger partial charge on any atom is -0.382 e. The smallest absolute Gasteiger partial charge is 0.274 e. The van der Waals surface area contributed by atoms with Gasteiger partial charge in [0, 0.05) is 13.1 Å². The van der Waals surface area contributed by atoms with Crippen molar-refractivity contribution in [3.63, 3.8) is 0 Å².